The van der Waals surface area contributed by atoms with Gasteiger partial charge in [0, 0.05) is 35.9 Å². The van der Waals surface area contributed by atoms with Gasteiger partial charge in [0.25, 0.3) is 11.5 Å². The van der Waals surface area contributed by atoms with E-state index in [1.54, 1.807) is 0 Å². The number of benzene rings is 1. The zero-order valence-corrected chi connectivity index (χ0v) is 16.2. The number of nitrogens with zero attached hydrogens (tertiary/aromatic N) is 2. The van der Waals surface area contributed by atoms with Gasteiger partial charge in [0.15, 0.2) is 5.13 Å². The lowest BCUT2D eigenvalue weighted by atomic mass is 9.97. The van der Waals surface area contributed by atoms with Gasteiger partial charge in [-0.1, -0.05) is 0 Å². The van der Waals surface area contributed by atoms with Gasteiger partial charge in [-0.2, -0.15) is 5.10 Å². The number of carbonyl (C=O) groups is 2. The molecule has 10 heteroatoms. The normalized spacial score (nSPS) is 15.1. The maximum atomic E-state index is 12.2. The molecular formula is C19H17N5O4S. The molecule has 3 N–H and O–H groups in total. The van der Waals surface area contributed by atoms with Crippen LogP contribution in [0.1, 0.15) is 35.4 Å². The van der Waals surface area contributed by atoms with Crippen LogP contribution in [0, 0.1) is 0 Å². The Bertz CT molecular complexity index is 1120. The van der Waals surface area contributed by atoms with E-state index in [2.05, 4.69) is 25.8 Å². The number of anilines is 1. The number of amides is 2. The second-order valence-electron chi connectivity index (χ2n) is 6.44. The van der Waals surface area contributed by atoms with Crippen LogP contribution >= 0.6 is 11.3 Å². The highest BCUT2D eigenvalue weighted by atomic mass is 32.1. The fourth-order valence-electron chi connectivity index (χ4n) is 3.04. The number of fused-ring (bicyclic) bond motifs is 1. The Hall–Kier alpha value is -3.53. The first kappa shape index (κ1) is 18.8. The Balaban J connectivity index is 1.55. The number of ether oxygens (including phenoxy) is 1. The van der Waals surface area contributed by atoms with E-state index in [1.165, 1.54) is 30.4 Å². The molecule has 0 saturated carbocycles. The van der Waals surface area contributed by atoms with E-state index in [0.717, 1.165) is 16.9 Å². The molecule has 1 aliphatic heterocycles. The molecule has 29 heavy (non-hydrogen) atoms. The summed E-state index contributed by atoms with van der Waals surface area (Å²) in [6.45, 7) is 2.04. The summed E-state index contributed by atoms with van der Waals surface area (Å²) in [7, 11) is 0. The Morgan fingerprint density at radius 3 is 2.90 bits per heavy atom. The lowest BCUT2D eigenvalue weighted by molar-refractivity contribution is -0.119. The van der Waals surface area contributed by atoms with Crippen LogP contribution in [0.15, 0.2) is 40.5 Å². The fourth-order valence-corrected chi connectivity index (χ4v) is 3.76. The number of aromatic nitrogens is 3. The SMILES string of the molecule is CC(=O)NC1CCOc2ccc(-c3csc(NC(=O)c4ccc(=O)[nH]n4)n3)cc21. The van der Waals surface area contributed by atoms with Gasteiger partial charge in [0.2, 0.25) is 5.91 Å². The van der Waals surface area contributed by atoms with E-state index in [0.29, 0.717) is 23.9 Å². The van der Waals surface area contributed by atoms with E-state index in [9.17, 15) is 14.4 Å². The van der Waals surface area contributed by atoms with Crippen molar-refractivity contribution in [3.8, 4) is 17.0 Å². The molecule has 4 rings (SSSR count). The van der Waals surface area contributed by atoms with Gasteiger partial charge in [0.1, 0.15) is 11.4 Å². The minimum absolute atomic E-state index is 0.0884. The molecule has 2 aromatic heterocycles. The fraction of sp³-hybridized carbons (Fsp3) is 0.211. The predicted octanol–water partition coefficient (Wildman–Crippen LogP) is 2.11. The first-order chi connectivity index (χ1) is 14.0. The Morgan fingerprint density at radius 1 is 1.28 bits per heavy atom. The molecule has 1 aliphatic rings. The van der Waals surface area contributed by atoms with Gasteiger partial charge in [-0.3, -0.25) is 19.7 Å². The molecule has 148 valence electrons. The molecule has 9 nitrogen and oxygen atoms in total. The predicted molar refractivity (Wildman–Crippen MR) is 107 cm³/mol. The van der Waals surface area contributed by atoms with Crippen LogP contribution in [-0.2, 0) is 4.79 Å². The molecule has 3 heterocycles. The van der Waals surface area contributed by atoms with Gasteiger partial charge < -0.3 is 10.1 Å². The van der Waals surface area contributed by atoms with Gasteiger partial charge >= 0.3 is 0 Å². The molecule has 1 unspecified atom stereocenters. The number of rotatable bonds is 4. The van der Waals surface area contributed by atoms with Crippen LogP contribution in [0.3, 0.4) is 0 Å². The number of H-pyrrole nitrogens is 1. The van der Waals surface area contributed by atoms with Crippen LogP contribution in [0.5, 0.6) is 5.75 Å². The Kier molecular flexibility index (Phi) is 5.09. The summed E-state index contributed by atoms with van der Waals surface area (Å²) < 4.78 is 5.68. The molecule has 0 fully saturated rings. The molecule has 2 amide bonds. The lowest BCUT2D eigenvalue weighted by Crippen LogP contribution is -2.30. The van der Waals surface area contributed by atoms with Gasteiger partial charge in [-0.25, -0.2) is 10.1 Å². The summed E-state index contributed by atoms with van der Waals surface area (Å²) in [5.74, 6) is 0.182. The van der Waals surface area contributed by atoms with Crippen molar-refractivity contribution in [2.24, 2.45) is 0 Å². The van der Waals surface area contributed by atoms with E-state index in [1.807, 2.05) is 23.6 Å². The maximum Gasteiger partial charge on any atom is 0.277 e. The van der Waals surface area contributed by atoms with Crippen molar-refractivity contribution in [1.82, 2.24) is 20.5 Å². The van der Waals surface area contributed by atoms with Crippen molar-refractivity contribution in [2.75, 3.05) is 11.9 Å². The average Bonchev–Trinajstić information content (AvgIpc) is 3.16. The zero-order chi connectivity index (χ0) is 20.4. The molecule has 0 bridgehead atoms. The monoisotopic (exact) mass is 411 g/mol. The summed E-state index contributed by atoms with van der Waals surface area (Å²) in [5.41, 5.74) is 2.15. The highest BCUT2D eigenvalue weighted by Crippen LogP contribution is 2.36. The quantitative estimate of drug-likeness (QED) is 0.604. The van der Waals surface area contributed by atoms with Crippen molar-refractivity contribution in [3.05, 3.63) is 57.3 Å². The first-order valence-electron chi connectivity index (χ1n) is 8.86. The third-order valence-electron chi connectivity index (χ3n) is 4.36. The summed E-state index contributed by atoms with van der Waals surface area (Å²) >= 11 is 1.28. The molecule has 3 aromatic rings. The molecule has 0 spiro atoms. The third kappa shape index (κ3) is 4.16. The van der Waals surface area contributed by atoms with Crippen molar-refractivity contribution < 1.29 is 14.3 Å². The summed E-state index contributed by atoms with van der Waals surface area (Å²) in [6.07, 6.45) is 0.695. The van der Waals surface area contributed by atoms with Crippen molar-refractivity contribution in [3.63, 3.8) is 0 Å². The zero-order valence-electron chi connectivity index (χ0n) is 15.4. The molecule has 0 saturated heterocycles. The summed E-state index contributed by atoms with van der Waals surface area (Å²) in [6, 6.07) is 8.16. The van der Waals surface area contributed by atoms with Crippen LogP contribution in [-0.4, -0.2) is 33.6 Å². The molecule has 1 atom stereocenters. The van der Waals surface area contributed by atoms with Crippen molar-refractivity contribution in [2.45, 2.75) is 19.4 Å². The molecule has 0 aliphatic carbocycles. The van der Waals surface area contributed by atoms with Gasteiger partial charge in [0.05, 0.1) is 18.3 Å². The smallest absolute Gasteiger partial charge is 0.277 e. The van der Waals surface area contributed by atoms with E-state index in [4.69, 9.17) is 4.74 Å². The largest absolute Gasteiger partial charge is 0.493 e. The standard InChI is InChI=1S/C19H17N5O4S/c1-10(25)20-13-6-7-28-16-4-2-11(8-12(13)16)15-9-29-19(21-15)22-18(27)14-3-5-17(26)24-23-14/h2-5,8-9,13H,6-7H2,1H3,(H,20,25)(H,24,26)(H,21,22,27). The molecule has 0 radical (unpaired) electrons. The maximum absolute atomic E-state index is 12.2. The first-order valence-corrected chi connectivity index (χ1v) is 9.74. The summed E-state index contributed by atoms with van der Waals surface area (Å²) in [4.78, 5) is 39.2. The molecular weight excluding hydrogens is 394 g/mol. The van der Waals surface area contributed by atoms with Crippen molar-refractivity contribution in [1.29, 1.82) is 0 Å². The number of thiazole rings is 1. The second kappa shape index (κ2) is 7.84. The van der Waals surface area contributed by atoms with Crippen molar-refractivity contribution >= 4 is 28.3 Å². The third-order valence-corrected chi connectivity index (χ3v) is 5.12. The Labute approximate surface area is 169 Å². The topological polar surface area (TPSA) is 126 Å². The highest BCUT2D eigenvalue weighted by molar-refractivity contribution is 7.14. The van der Waals surface area contributed by atoms with Gasteiger partial charge in [-0.05, 0) is 24.3 Å². The van der Waals surface area contributed by atoms with Crippen LogP contribution < -0.4 is 20.9 Å². The Morgan fingerprint density at radius 2 is 2.14 bits per heavy atom. The number of hydrogen-bond acceptors (Lipinski definition) is 7. The lowest BCUT2D eigenvalue weighted by Gasteiger charge is -2.26. The second-order valence-corrected chi connectivity index (χ2v) is 7.30. The number of aromatic amines is 1. The van der Waals surface area contributed by atoms with Crippen LogP contribution in [0.4, 0.5) is 5.13 Å². The number of hydrogen-bond donors (Lipinski definition) is 3. The van der Waals surface area contributed by atoms with Crippen LogP contribution in [0.2, 0.25) is 0 Å². The van der Waals surface area contributed by atoms with Gasteiger partial charge in [-0.15, -0.1) is 11.3 Å². The average molecular weight is 411 g/mol. The highest BCUT2D eigenvalue weighted by Gasteiger charge is 2.23. The van der Waals surface area contributed by atoms with Crippen LogP contribution in [0.25, 0.3) is 11.3 Å². The molecule has 1 aromatic carbocycles. The van der Waals surface area contributed by atoms with E-state index in [-0.39, 0.29) is 23.2 Å². The summed E-state index contributed by atoms with van der Waals surface area (Å²) in [5, 5.41) is 13.8. The van der Waals surface area contributed by atoms with E-state index >= 15 is 0 Å². The number of nitrogens with one attached hydrogen (secondary N) is 3. The van der Waals surface area contributed by atoms with E-state index < -0.39 is 5.91 Å². The minimum atomic E-state index is -0.466. The number of carbonyl (C=O) groups excluding carboxylic acids is 2. The minimum Gasteiger partial charge on any atom is -0.493 e.